The third-order valence-electron chi connectivity index (χ3n) is 20.2. The standard InChI is InChI=1S/C87H52N2O6/c1-87(2)73-45-71-67-33-29-61(88(59-27-31-65-63-13-5-9-17-77(63)92-81(65)41-59)57-25-23-49-35-55(21-19-51(49)37-57)79-39-53-11-3-7-15-75(53)90-79)43-83(67)94-85(71)47-69(73)70-48-86-72(46-74(70)87)68-34-30-62(44-84(68)95-86)89(60-28-32-66-64-14-6-10-18-78(64)93-82(66)42-60)58-26-24-50-36-56(22-20-52(50)38-58)80-40-54-12-4-8-16-76(54)91-80/h3-48H,1-2H3. The molecule has 0 spiro atoms. The van der Waals surface area contributed by atoms with Crippen LogP contribution in [0.1, 0.15) is 25.0 Å². The van der Waals surface area contributed by atoms with Gasteiger partial charge in [-0.15, -0.1) is 0 Å². The summed E-state index contributed by atoms with van der Waals surface area (Å²) in [6, 6.07) is 98.9. The van der Waals surface area contributed by atoms with E-state index in [0.717, 1.165) is 199 Å². The zero-order valence-electron chi connectivity index (χ0n) is 51.4. The van der Waals surface area contributed by atoms with Crippen LogP contribution in [0.3, 0.4) is 0 Å². The van der Waals surface area contributed by atoms with Gasteiger partial charge in [0.1, 0.15) is 67.4 Å². The topological polar surface area (TPSA) is 85.3 Å². The van der Waals surface area contributed by atoms with Gasteiger partial charge in [0.05, 0.1) is 0 Å². The molecule has 8 heteroatoms. The molecule has 6 aromatic heterocycles. The highest BCUT2D eigenvalue weighted by molar-refractivity contribution is 6.13. The van der Waals surface area contributed by atoms with Gasteiger partial charge in [-0.2, -0.15) is 0 Å². The Morgan fingerprint density at radius 3 is 0.958 bits per heavy atom. The molecule has 8 nitrogen and oxygen atoms in total. The van der Waals surface area contributed by atoms with Gasteiger partial charge in [0, 0.05) is 129 Å². The summed E-state index contributed by atoms with van der Waals surface area (Å²) in [4.78, 5) is 4.60. The Hall–Kier alpha value is -12.5. The molecule has 14 aromatic carbocycles. The minimum absolute atomic E-state index is 0.329. The van der Waals surface area contributed by atoms with Crippen LogP contribution in [0, 0.1) is 0 Å². The first-order valence-electron chi connectivity index (χ1n) is 32.2. The van der Waals surface area contributed by atoms with E-state index in [2.05, 4.69) is 242 Å². The number of fused-ring (bicyclic) bond motifs is 19. The molecule has 95 heavy (non-hydrogen) atoms. The maximum atomic E-state index is 7.03. The van der Waals surface area contributed by atoms with E-state index in [-0.39, 0.29) is 5.41 Å². The van der Waals surface area contributed by atoms with Gasteiger partial charge in [0.2, 0.25) is 0 Å². The van der Waals surface area contributed by atoms with Gasteiger partial charge in [0.15, 0.2) is 0 Å². The Bertz CT molecular complexity index is 6210. The lowest BCUT2D eigenvalue weighted by atomic mass is 9.81. The smallest absolute Gasteiger partial charge is 0.137 e. The van der Waals surface area contributed by atoms with Crippen LogP contribution in [0.25, 0.3) is 165 Å². The first-order chi connectivity index (χ1) is 46.7. The van der Waals surface area contributed by atoms with Crippen molar-refractivity contribution >= 4 is 165 Å². The summed E-state index contributed by atoms with van der Waals surface area (Å²) >= 11 is 0. The average Bonchev–Trinajstić information content (AvgIpc) is 1.55. The summed E-state index contributed by atoms with van der Waals surface area (Å²) in [6.45, 7) is 4.69. The summed E-state index contributed by atoms with van der Waals surface area (Å²) in [5, 5.41) is 15.2. The number of hydrogen-bond acceptors (Lipinski definition) is 8. The van der Waals surface area contributed by atoms with Crippen LogP contribution in [-0.4, -0.2) is 0 Å². The van der Waals surface area contributed by atoms with Crippen molar-refractivity contribution < 1.29 is 26.5 Å². The highest BCUT2D eigenvalue weighted by atomic mass is 16.4. The SMILES string of the molecule is CC1(C)c2cc3c(cc2-c2cc4oc5cc(N(c6ccc7cc(-c8cc9ccccc9o8)ccc7c6)c6ccc7c(c6)oc6ccccc67)ccc5c4cc21)oc1cc(N(c2ccc4cc(-c5cc6ccccc6o5)ccc4c2)c2ccc4c(c2)oc2ccccc24)ccc13. The molecule has 0 saturated heterocycles. The molecule has 1 aliphatic carbocycles. The molecule has 0 amide bonds. The van der Waals surface area contributed by atoms with Gasteiger partial charge in [-0.1, -0.05) is 123 Å². The zero-order valence-corrected chi connectivity index (χ0v) is 51.4. The van der Waals surface area contributed by atoms with Gasteiger partial charge in [-0.25, -0.2) is 0 Å². The molecule has 0 N–H and O–H groups in total. The molecule has 20 aromatic rings. The predicted molar refractivity (Wildman–Crippen MR) is 388 cm³/mol. The number of benzene rings is 14. The summed E-state index contributed by atoms with van der Waals surface area (Å²) in [5.74, 6) is 1.70. The first kappa shape index (κ1) is 52.1. The summed E-state index contributed by atoms with van der Waals surface area (Å²) in [6.07, 6.45) is 0. The molecule has 446 valence electrons. The fourth-order valence-corrected chi connectivity index (χ4v) is 15.4. The Morgan fingerprint density at radius 2 is 0.537 bits per heavy atom. The number of para-hydroxylation sites is 4. The molecule has 0 bridgehead atoms. The first-order valence-corrected chi connectivity index (χ1v) is 32.2. The summed E-state index contributed by atoms with van der Waals surface area (Å²) in [5.41, 5.74) is 20.8. The van der Waals surface area contributed by atoms with Crippen molar-refractivity contribution in [3.05, 3.63) is 290 Å². The minimum atomic E-state index is -0.329. The highest BCUT2D eigenvalue weighted by Gasteiger charge is 2.38. The van der Waals surface area contributed by atoms with Gasteiger partial charge >= 0.3 is 0 Å². The van der Waals surface area contributed by atoms with Crippen LogP contribution in [0.4, 0.5) is 34.1 Å². The van der Waals surface area contributed by atoms with E-state index < -0.39 is 0 Å². The van der Waals surface area contributed by atoms with E-state index >= 15 is 0 Å². The van der Waals surface area contributed by atoms with Crippen LogP contribution >= 0.6 is 0 Å². The molecule has 0 fully saturated rings. The van der Waals surface area contributed by atoms with Crippen molar-refractivity contribution in [2.24, 2.45) is 0 Å². The third-order valence-corrected chi connectivity index (χ3v) is 20.2. The maximum absolute atomic E-state index is 7.03. The molecular formula is C87H52N2O6. The normalized spacial score (nSPS) is 13.0. The second kappa shape index (κ2) is 19.3. The Morgan fingerprint density at radius 1 is 0.221 bits per heavy atom. The van der Waals surface area contributed by atoms with Crippen molar-refractivity contribution in [2.45, 2.75) is 19.3 Å². The molecule has 0 unspecified atom stereocenters. The molecule has 6 heterocycles. The molecule has 0 atom stereocenters. The van der Waals surface area contributed by atoms with E-state index in [4.69, 9.17) is 26.5 Å². The Labute approximate surface area is 541 Å². The number of anilines is 6. The van der Waals surface area contributed by atoms with Crippen molar-refractivity contribution in [1.29, 1.82) is 0 Å². The van der Waals surface area contributed by atoms with E-state index in [1.54, 1.807) is 0 Å². The number of furan rings is 6. The number of nitrogens with zero attached hydrogens (tertiary/aromatic N) is 2. The van der Waals surface area contributed by atoms with E-state index in [1.165, 1.54) is 11.1 Å². The van der Waals surface area contributed by atoms with Crippen LogP contribution < -0.4 is 9.80 Å². The van der Waals surface area contributed by atoms with Crippen molar-refractivity contribution in [3.8, 4) is 33.8 Å². The highest BCUT2D eigenvalue weighted by Crippen LogP contribution is 2.54. The molecule has 0 radical (unpaired) electrons. The average molecular weight is 1220 g/mol. The van der Waals surface area contributed by atoms with Gasteiger partial charge < -0.3 is 36.3 Å². The Balaban J connectivity index is 0.656. The van der Waals surface area contributed by atoms with Crippen LogP contribution in [0.5, 0.6) is 0 Å². The summed E-state index contributed by atoms with van der Waals surface area (Å²) in [7, 11) is 0. The lowest BCUT2D eigenvalue weighted by Crippen LogP contribution is -2.14. The maximum Gasteiger partial charge on any atom is 0.137 e. The molecular weight excluding hydrogens is 1170 g/mol. The Kier molecular flexibility index (Phi) is 10.6. The number of hydrogen-bond donors (Lipinski definition) is 0. The van der Waals surface area contributed by atoms with Crippen molar-refractivity contribution in [1.82, 2.24) is 0 Å². The third kappa shape index (κ3) is 7.89. The van der Waals surface area contributed by atoms with Gasteiger partial charge in [-0.05, 0) is 189 Å². The van der Waals surface area contributed by atoms with Crippen LogP contribution in [-0.2, 0) is 5.41 Å². The molecule has 1 aliphatic rings. The van der Waals surface area contributed by atoms with E-state index in [9.17, 15) is 0 Å². The predicted octanol–water partition coefficient (Wildman–Crippen LogP) is 25.7. The van der Waals surface area contributed by atoms with Crippen molar-refractivity contribution in [3.63, 3.8) is 0 Å². The van der Waals surface area contributed by atoms with Crippen LogP contribution in [0.2, 0.25) is 0 Å². The van der Waals surface area contributed by atoms with Crippen LogP contribution in [0.15, 0.2) is 306 Å². The molecule has 0 saturated carbocycles. The lowest BCUT2D eigenvalue weighted by Gasteiger charge is -2.26. The second-order valence-corrected chi connectivity index (χ2v) is 26.0. The second-order valence-electron chi connectivity index (χ2n) is 26.0. The van der Waals surface area contributed by atoms with Gasteiger partial charge in [0.25, 0.3) is 0 Å². The monoisotopic (exact) mass is 1220 g/mol. The van der Waals surface area contributed by atoms with Gasteiger partial charge in [-0.3, -0.25) is 0 Å². The van der Waals surface area contributed by atoms with Crippen molar-refractivity contribution in [2.75, 3.05) is 9.80 Å². The summed E-state index contributed by atoms with van der Waals surface area (Å²) < 4.78 is 39.7. The molecule has 0 aliphatic heterocycles. The fourth-order valence-electron chi connectivity index (χ4n) is 15.4. The quantitative estimate of drug-likeness (QED) is 0.149. The van der Waals surface area contributed by atoms with E-state index in [1.807, 2.05) is 60.7 Å². The largest absolute Gasteiger partial charge is 0.456 e. The van der Waals surface area contributed by atoms with E-state index in [0.29, 0.717) is 0 Å². The minimum Gasteiger partial charge on any atom is -0.456 e. The zero-order chi connectivity index (χ0) is 62.4. The number of rotatable bonds is 8. The lowest BCUT2D eigenvalue weighted by molar-refractivity contribution is 0.631. The molecule has 21 rings (SSSR count). The fraction of sp³-hybridized carbons (Fsp3) is 0.0345.